The van der Waals surface area contributed by atoms with E-state index in [1.165, 1.54) is 38.6 Å². The highest BCUT2D eigenvalue weighted by Crippen LogP contribution is 2.39. The van der Waals surface area contributed by atoms with Gasteiger partial charge in [0.15, 0.2) is 4.90 Å². The molecule has 4 aromatic rings. The number of rotatable bonds is 13. The Labute approximate surface area is 318 Å². The molecule has 2 fully saturated rings. The van der Waals surface area contributed by atoms with Crippen LogP contribution in [0.15, 0.2) is 78.1 Å². The summed E-state index contributed by atoms with van der Waals surface area (Å²) < 4.78 is 113. The quantitative estimate of drug-likeness (QED) is 0.136. The zero-order chi connectivity index (χ0) is 39.5. The number of benzene rings is 3. The number of likely N-dealkylation sites (N-methyl/N-ethyl adjacent to an activating group) is 2. The minimum atomic E-state index is -4.91. The van der Waals surface area contributed by atoms with Gasteiger partial charge in [-0.1, -0.05) is 18.2 Å². The minimum Gasteiger partial charge on any atom is -0.497 e. The number of sulfonamides is 1. The van der Waals surface area contributed by atoms with Crippen LogP contribution < -0.4 is 18.7 Å². The van der Waals surface area contributed by atoms with Crippen molar-refractivity contribution in [3.05, 3.63) is 102 Å². The second-order valence-electron chi connectivity index (χ2n) is 14.3. The van der Waals surface area contributed by atoms with Gasteiger partial charge in [-0.2, -0.15) is 13.2 Å². The summed E-state index contributed by atoms with van der Waals surface area (Å²) in [5.41, 5.74) is -0.163. The molecule has 16 heteroatoms. The third kappa shape index (κ3) is 8.65. The highest BCUT2D eigenvalue weighted by Gasteiger charge is 2.43. The van der Waals surface area contributed by atoms with Crippen LogP contribution in [-0.4, -0.2) is 94.3 Å². The first-order valence-electron chi connectivity index (χ1n) is 18.0. The average molecular weight is 789 g/mol. The maximum Gasteiger partial charge on any atom is 0.416 e. The van der Waals surface area contributed by atoms with Crippen LogP contribution in [0.2, 0.25) is 0 Å². The van der Waals surface area contributed by atoms with Crippen molar-refractivity contribution >= 4 is 21.5 Å². The molecule has 0 saturated carbocycles. The van der Waals surface area contributed by atoms with Crippen molar-refractivity contribution in [3.63, 3.8) is 0 Å². The number of aryl methyl sites for hydroxylation is 1. The van der Waals surface area contributed by atoms with Gasteiger partial charge in [-0.15, -0.1) is 0 Å². The second kappa shape index (κ2) is 16.3. The molecule has 0 bridgehead atoms. The number of ether oxygens (including phenoxy) is 2. The van der Waals surface area contributed by atoms with Gasteiger partial charge in [0, 0.05) is 60.8 Å². The van der Waals surface area contributed by atoms with Crippen molar-refractivity contribution in [1.82, 2.24) is 19.8 Å². The molecule has 3 aromatic carbocycles. The van der Waals surface area contributed by atoms with Crippen molar-refractivity contribution in [2.75, 3.05) is 63.7 Å². The molecule has 6 rings (SSSR count). The van der Waals surface area contributed by atoms with Crippen LogP contribution in [0, 0.1) is 11.6 Å². The first-order chi connectivity index (χ1) is 26.1. The van der Waals surface area contributed by atoms with Crippen molar-refractivity contribution < 1.29 is 39.8 Å². The molecule has 0 aliphatic carbocycles. The van der Waals surface area contributed by atoms with E-state index >= 15 is 8.78 Å². The Morgan fingerprint density at radius 3 is 2.40 bits per heavy atom. The SMILES string of the molecule is COc1ccc(CN(c2ccncn2)S(=O)(=O)c2c(F)cc(N3CCC[C@](CCc4cccc(C(F)(F)F)c4)(N(C)[C@@H]4CCN(C)C4)C3)cc2F)c(OC)c1. The van der Waals surface area contributed by atoms with Gasteiger partial charge in [-0.05, 0) is 88.6 Å². The van der Waals surface area contributed by atoms with E-state index in [0.29, 0.717) is 55.0 Å². The van der Waals surface area contributed by atoms with Gasteiger partial charge in [0.05, 0.1) is 26.3 Å². The Morgan fingerprint density at radius 1 is 1.00 bits per heavy atom. The molecule has 2 atom stereocenters. The number of hydrogen-bond donors (Lipinski definition) is 0. The summed E-state index contributed by atoms with van der Waals surface area (Å²) in [6.45, 7) is 2.10. The van der Waals surface area contributed by atoms with Crippen molar-refractivity contribution in [1.29, 1.82) is 0 Å². The van der Waals surface area contributed by atoms with E-state index in [2.05, 4.69) is 19.8 Å². The van der Waals surface area contributed by atoms with E-state index < -0.39 is 43.8 Å². The standard InChI is InChI=1S/C39H45F5N6O4S/c1-47-18-13-30(24-47)48(2)38(15-11-27-7-5-8-29(19-27)39(42,43)44)14-6-17-49(25-38)31-20-33(40)37(34(41)21-31)55(51,52)50(36-12-16-45-26-46-36)23-28-9-10-32(53-3)22-35(28)54-4/h5,7-10,12,16,19-22,26,30H,6,11,13-15,17-18,23-25H2,1-4H3/t30-,38-/m1/s1. The first-order valence-corrected chi connectivity index (χ1v) is 19.4. The maximum absolute atomic E-state index is 16.3. The fourth-order valence-corrected chi connectivity index (χ4v) is 9.33. The van der Waals surface area contributed by atoms with Crippen LogP contribution in [0.1, 0.15) is 42.4 Å². The van der Waals surface area contributed by atoms with Crippen LogP contribution in [0.5, 0.6) is 11.5 Å². The van der Waals surface area contributed by atoms with Crippen LogP contribution in [0.25, 0.3) is 0 Å². The number of hydrogen-bond acceptors (Lipinski definition) is 9. The van der Waals surface area contributed by atoms with Crippen LogP contribution >= 0.6 is 0 Å². The molecule has 0 spiro atoms. The Hall–Kier alpha value is -4.54. The number of nitrogens with zero attached hydrogens (tertiary/aromatic N) is 6. The Bertz CT molecular complexity index is 2050. The van der Waals surface area contributed by atoms with E-state index in [1.807, 2.05) is 19.0 Å². The topological polar surface area (TPSA) is 91.3 Å². The number of anilines is 2. The van der Waals surface area contributed by atoms with Gasteiger partial charge in [-0.3, -0.25) is 4.90 Å². The zero-order valence-electron chi connectivity index (χ0n) is 31.2. The van der Waals surface area contributed by atoms with Crippen molar-refractivity contribution in [2.45, 2.75) is 61.3 Å². The molecule has 296 valence electrons. The third-order valence-electron chi connectivity index (χ3n) is 10.9. The fraction of sp³-hybridized carbons (Fsp3) is 0.436. The maximum atomic E-state index is 16.3. The lowest BCUT2D eigenvalue weighted by molar-refractivity contribution is -0.137. The molecule has 2 aliphatic heterocycles. The van der Waals surface area contributed by atoms with Gasteiger partial charge < -0.3 is 19.3 Å². The van der Waals surface area contributed by atoms with E-state index in [4.69, 9.17) is 9.47 Å². The summed E-state index contributed by atoms with van der Waals surface area (Å²) in [6, 6.07) is 13.7. The summed E-state index contributed by atoms with van der Waals surface area (Å²) >= 11 is 0. The summed E-state index contributed by atoms with van der Waals surface area (Å²) in [5.74, 6) is -1.91. The Morgan fingerprint density at radius 2 is 1.76 bits per heavy atom. The van der Waals surface area contributed by atoms with E-state index in [0.717, 1.165) is 54.8 Å². The fourth-order valence-electron chi connectivity index (χ4n) is 7.84. The molecular weight excluding hydrogens is 744 g/mol. The monoisotopic (exact) mass is 788 g/mol. The van der Waals surface area contributed by atoms with Gasteiger partial charge in [0.25, 0.3) is 10.0 Å². The number of piperidine rings is 1. The van der Waals surface area contributed by atoms with Gasteiger partial charge in [0.1, 0.15) is 35.3 Å². The van der Waals surface area contributed by atoms with E-state index in [9.17, 15) is 21.6 Å². The summed E-state index contributed by atoms with van der Waals surface area (Å²) in [4.78, 5) is 13.2. The molecule has 1 aromatic heterocycles. The van der Waals surface area contributed by atoms with Gasteiger partial charge >= 0.3 is 6.18 Å². The number of methoxy groups -OCH3 is 2. The Balaban J connectivity index is 1.33. The molecule has 10 nitrogen and oxygen atoms in total. The molecule has 3 heterocycles. The largest absolute Gasteiger partial charge is 0.497 e. The average Bonchev–Trinajstić information content (AvgIpc) is 3.61. The van der Waals surface area contributed by atoms with Crippen LogP contribution in [0.3, 0.4) is 0 Å². The van der Waals surface area contributed by atoms with E-state index in [1.54, 1.807) is 24.3 Å². The summed E-state index contributed by atoms with van der Waals surface area (Å²) in [5, 5.41) is 0. The lowest BCUT2D eigenvalue weighted by Gasteiger charge is -2.51. The van der Waals surface area contributed by atoms with Crippen molar-refractivity contribution in [3.8, 4) is 11.5 Å². The predicted octanol–water partition coefficient (Wildman–Crippen LogP) is 6.79. The molecule has 2 saturated heterocycles. The summed E-state index contributed by atoms with van der Waals surface area (Å²) in [7, 11) is 2.03. The molecular formula is C39H45F5N6O4S. The zero-order valence-corrected chi connectivity index (χ0v) is 32.0. The first kappa shape index (κ1) is 40.1. The molecule has 0 amide bonds. The van der Waals surface area contributed by atoms with Crippen LogP contribution in [0.4, 0.5) is 33.5 Å². The highest BCUT2D eigenvalue weighted by atomic mass is 32.2. The number of halogens is 5. The van der Waals surface area contributed by atoms with Crippen LogP contribution in [-0.2, 0) is 29.2 Å². The number of alkyl halides is 3. The second-order valence-corrected chi connectivity index (χ2v) is 16.1. The number of likely N-dealkylation sites (tertiary alicyclic amines) is 1. The molecule has 2 aliphatic rings. The normalized spacial score (nSPS) is 19.5. The van der Waals surface area contributed by atoms with Gasteiger partial charge in [-0.25, -0.2) is 31.5 Å². The molecule has 0 radical (unpaired) electrons. The predicted molar refractivity (Wildman–Crippen MR) is 199 cm³/mol. The highest BCUT2D eigenvalue weighted by molar-refractivity contribution is 7.92. The van der Waals surface area contributed by atoms with Gasteiger partial charge in [0.2, 0.25) is 0 Å². The Kier molecular flexibility index (Phi) is 11.9. The smallest absolute Gasteiger partial charge is 0.416 e. The lowest BCUT2D eigenvalue weighted by Crippen LogP contribution is -2.61. The summed E-state index contributed by atoms with van der Waals surface area (Å²) in [6.07, 6.45) is 1.12. The number of aromatic nitrogens is 2. The molecule has 0 unspecified atom stereocenters. The third-order valence-corrected chi connectivity index (χ3v) is 12.7. The molecule has 0 N–H and O–H groups in total. The lowest BCUT2D eigenvalue weighted by atomic mass is 9.80. The van der Waals surface area contributed by atoms with E-state index in [-0.39, 0.29) is 24.1 Å². The van der Waals surface area contributed by atoms with Crippen molar-refractivity contribution in [2.24, 2.45) is 0 Å². The minimum absolute atomic E-state index is 0.113. The molecule has 55 heavy (non-hydrogen) atoms.